The summed E-state index contributed by atoms with van der Waals surface area (Å²) in [6, 6.07) is 10.9. The van der Waals surface area contributed by atoms with Gasteiger partial charge in [0.25, 0.3) is 5.91 Å². The fraction of sp³-hybridized carbons (Fsp3) is 0.0769. The molecule has 5 heteroatoms. The zero-order chi connectivity index (χ0) is 12.8. The Bertz CT molecular complexity index is 532. The summed E-state index contributed by atoms with van der Waals surface area (Å²) in [5.74, 6) is 0.425. The summed E-state index contributed by atoms with van der Waals surface area (Å²) >= 11 is 3.33. The Kier molecular flexibility index (Phi) is 4.30. The van der Waals surface area contributed by atoms with Crippen LogP contribution in [0.5, 0.6) is 5.75 Å². The van der Waals surface area contributed by atoms with Gasteiger partial charge >= 0.3 is 0 Å². The molecule has 0 bridgehead atoms. The number of rotatable bonds is 4. The molecule has 2 aromatic rings. The van der Waals surface area contributed by atoms with E-state index in [9.17, 15) is 4.79 Å². The van der Waals surface area contributed by atoms with Crippen molar-refractivity contribution in [3.05, 3.63) is 53.3 Å². The highest BCUT2D eigenvalue weighted by molar-refractivity contribution is 9.10. The number of hydrogen-bond donors (Lipinski definition) is 1. The number of anilines is 1. The maximum absolute atomic E-state index is 11.6. The van der Waals surface area contributed by atoms with Crippen LogP contribution in [0.3, 0.4) is 0 Å². The molecule has 0 unspecified atom stereocenters. The number of aromatic nitrogens is 1. The smallest absolute Gasteiger partial charge is 0.262 e. The average molecular weight is 307 g/mol. The lowest BCUT2D eigenvalue weighted by Gasteiger charge is -2.07. The second-order valence-corrected chi connectivity index (χ2v) is 4.45. The molecule has 0 fully saturated rings. The average Bonchev–Trinajstić information content (AvgIpc) is 2.38. The number of amides is 1. The third-order valence-electron chi connectivity index (χ3n) is 2.11. The highest BCUT2D eigenvalue weighted by atomic mass is 79.9. The molecule has 1 heterocycles. The fourth-order valence-corrected chi connectivity index (χ4v) is 1.72. The summed E-state index contributed by atoms with van der Waals surface area (Å²) in [7, 11) is 0. The molecule has 0 atom stereocenters. The summed E-state index contributed by atoms with van der Waals surface area (Å²) in [5.41, 5.74) is 0.653. The summed E-state index contributed by atoms with van der Waals surface area (Å²) in [6.07, 6.45) is 3.23. The number of carbonyl (C=O) groups excluding carboxylic acids is 1. The van der Waals surface area contributed by atoms with Crippen molar-refractivity contribution in [2.45, 2.75) is 0 Å². The summed E-state index contributed by atoms with van der Waals surface area (Å²) in [4.78, 5) is 15.5. The number of halogens is 1. The molecule has 0 saturated carbocycles. The first-order valence-corrected chi connectivity index (χ1v) is 6.11. The van der Waals surface area contributed by atoms with Crippen LogP contribution < -0.4 is 10.1 Å². The van der Waals surface area contributed by atoms with Gasteiger partial charge in [-0.25, -0.2) is 0 Å². The molecule has 0 aliphatic heterocycles. The van der Waals surface area contributed by atoms with E-state index < -0.39 is 0 Å². The van der Waals surface area contributed by atoms with Crippen molar-refractivity contribution in [2.24, 2.45) is 0 Å². The first kappa shape index (κ1) is 12.6. The topological polar surface area (TPSA) is 51.2 Å². The van der Waals surface area contributed by atoms with Crippen LogP contribution in [0.2, 0.25) is 0 Å². The molecule has 0 radical (unpaired) electrons. The van der Waals surface area contributed by atoms with Crippen molar-refractivity contribution in [2.75, 3.05) is 11.9 Å². The van der Waals surface area contributed by atoms with Gasteiger partial charge in [-0.05, 0) is 30.3 Å². The van der Waals surface area contributed by atoms with Crippen LogP contribution in [0.1, 0.15) is 0 Å². The molecule has 1 aromatic heterocycles. The molecular weight excluding hydrogens is 296 g/mol. The number of nitrogens with one attached hydrogen (secondary N) is 1. The predicted octanol–water partition coefficient (Wildman–Crippen LogP) is 2.86. The molecule has 4 nitrogen and oxygen atoms in total. The Hall–Kier alpha value is -1.88. The molecule has 0 spiro atoms. The van der Waals surface area contributed by atoms with E-state index in [1.54, 1.807) is 36.7 Å². The van der Waals surface area contributed by atoms with Gasteiger partial charge in [0, 0.05) is 10.7 Å². The Morgan fingerprint density at radius 2 is 2.22 bits per heavy atom. The molecule has 1 N–H and O–H groups in total. The van der Waals surface area contributed by atoms with Gasteiger partial charge in [0.1, 0.15) is 5.75 Å². The quantitative estimate of drug-likeness (QED) is 0.945. The van der Waals surface area contributed by atoms with Crippen LogP contribution in [0.4, 0.5) is 5.69 Å². The predicted molar refractivity (Wildman–Crippen MR) is 72.5 cm³/mol. The Morgan fingerprint density at radius 3 is 2.94 bits per heavy atom. The van der Waals surface area contributed by atoms with Crippen molar-refractivity contribution in [1.82, 2.24) is 4.98 Å². The van der Waals surface area contributed by atoms with Crippen LogP contribution in [0.25, 0.3) is 0 Å². The molecule has 0 aliphatic rings. The first-order chi connectivity index (χ1) is 8.74. The summed E-state index contributed by atoms with van der Waals surface area (Å²) in [6.45, 7) is -0.0364. The molecule has 92 valence electrons. The van der Waals surface area contributed by atoms with Gasteiger partial charge in [-0.1, -0.05) is 22.0 Å². The third-order valence-corrected chi connectivity index (χ3v) is 2.60. The van der Waals surface area contributed by atoms with Crippen molar-refractivity contribution >= 4 is 27.5 Å². The van der Waals surface area contributed by atoms with Crippen molar-refractivity contribution in [3.63, 3.8) is 0 Å². The van der Waals surface area contributed by atoms with Crippen molar-refractivity contribution in [3.8, 4) is 5.75 Å². The Balaban J connectivity index is 1.85. The zero-order valence-electron chi connectivity index (χ0n) is 9.47. The van der Waals surface area contributed by atoms with Gasteiger partial charge in [-0.2, -0.15) is 0 Å². The maximum Gasteiger partial charge on any atom is 0.262 e. The SMILES string of the molecule is O=C(COc1cccc(Br)c1)Nc1cccnc1. The molecule has 0 saturated heterocycles. The minimum absolute atomic E-state index is 0.0364. The number of hydrogen-bond acceptors (Lipinski definition) is 3. The van der Waals surface area contributed by atoms with Crippen LogP contribution in [-0.4, -0.2) is 17.5 Å². The van der Waals surface area contributed by atoms with Gasteiger partial charge in [-0.15, -0.1) is 0 Å². The highest BCUT2D eigenvalue weighted by Crippen LogP contribution is 2.17. The van der Waals surface area contributed by atoms with Crippen molar-refractivity contribution < 1.29 is 9.53 Å². The van der Waals surface area contributed by atoms with E-state index in [-0.39, 0.29) is 12.5 Å². The van der Waals surface area contributed by atoms with E-state index in [0.29, 0.717) is 11.4 Å². The molecule has 18 heavy (non-hydrogen) atoms. The minimum atomic E-state index is -0.219. The third kappa shape index (κ3) is 3.85. The second-order valence-electron chi connectivity index (χ2n) is 3.54. The molecular formula is C13H11BrN2O2. The number of carbonyl (C=O) groups is 1. The minimum Gasteiger partial charge on any atom is -0.484 e. The van der Waals surface area contributed by atoms with E-state index in [2.05, 4.69) is 26.2 Å². The van der Waals surface area contributed by atoms with Gasteiger partial charge in [0.05, 0.1) is 11.9 Å². The summed E-state index contributed by atoms with van der Waals surface area (Å²) in [5, 5.41) is 2.69. The zero-order valence-corrected chi connectivity index (χ0v) is 11.1. The van der Waals surface area contributed by atoms with Gasteiger partial charge in [-0.3, -0.25) is 9.78 Å². The Morgan fingerprint density at radius 1 is 1.33 bits per heavy atom. The number of nitrogens with zero attached hydrogens (tertiary/aromatic N) is 1. The molecule has 1 aromatic carbocycles. The monoisotopic (exact) mass is 306 g/mol. The van der Waals surface area contributed by atoms with Crippen LogP contribution in [0, 0.1) is 0 Å². The second kappa shape index (κ2) is 6.16. The van der Waals surface area contributed by atoms with Gasteiger partial charge in [0.15, 0.2) is 6.61 Å². The first-order valence-electron chi connectivity index (χ1n) is 5.32. The lowest BCUT2D eigenvalue weighted by Crippen LogP contribution is -2.20. The van der Waals surface area contributed by atoms with Gasteiger partial charge in [0.2, 0.25) is 0 Å². The van der Waals surface area contributed by atoms with Crippen molar-refractivity contribution in [1.29, 1.82) is 0 Å². The normalized spacial score (nSPS) is 9.83. The summed E-state index contributed by atoms with van der Waals surface area (Å²) < 4.78 is 6.27. The number of benzene rings is 1. The van der Waals surface area contributed by atoms with E-state index in [0.717, 1.165) is 4.47 Å². The standard InChI is InChI=1S/C13H11BrN2O2/c14-10-3-1-5-12(7-10)18-9-13(17)16-11-4-2-6-15-8-11/h1-8H,9H2,(H,16,17). The maximum atomic E-state index is 11.6. The number of pyridine rings is 1. The molecule has 1 amide bonds. The number of ether oxygens (including phenoxy) is 1. The highest BCUT2D eigenvalue weighted by Gasteiger charge is 2.03. The lowest BCUT2D eigenvalue weighted by molar-refractivity contribution is -0.118. The molecule has 0 aliphatic carbocycles. The van der Waals surface area contributed by atoms with E-state index in [1.165, 1.54) is 0 Å². The molecule has 2 rings (SSSR count). The lowest BCUT2D eigenvalue weighted by atomic mass is 10.3. The fourth-order valence-electron chi connectivity index (χ4n) is 1.34. The van der Waals surface area contributed by atoms with E-state index >= 15 is 0 Å². The Labute approximate surface area is 113 Å². The van der Waals surface area contributed by atoms with Crippen LogP contribution in [-0.2, 0) is 4.79 Å². The van der Waals surface area contributed by atoms with E-state index in [1.807, 2.05) is 12.1 Å². The van der Waals surface area contributed by atoms with E-state index in [4.69, 9.17) is 4.74 Å². The van der Waals surface area contributed by atoms with Crippen LogP contribution in [0.15, 0.2) is 53.3 Å². The van der Waals surface area contributed by atoms with Crippen LogP contribution >= 0.6 is 15.9 Å². The largest absolute Gasteiger partial charge is 0.484 e. The van der Waals surface area contributed by atoms with Gasteiger partial charge < -0.3 is 10.1 Å².